The van der Waals surface area contributed by atoms with Crippen molar-refractivity contribution < 1.29 is 91.1 Å². The fourth-order valence-electron chi connectivity index (χ4n) is 0. The second-order valence-electron chi connectivity index (χ2n) is 0. The Hall–Kier alpha value is 2.53. The fraction of sp³-hybridized carbons (Fsp3) is 0. The van der Waals surface area contributed by atoms with Crippen LogP contribution < -0.4 is 85.6 Å². The maximum atomic E-state index is 0. The Morgan fingerprint density at radius 1 is 1.00 bits per heavy atom. The van der Waals surface area contributed by atoms with E-state index in [0.717, 1.165) is 0 Å². The van der Waals surface area contributed by atoms with Gasteiger partial charge in [0.1, 0.15) is 0 Å². The minimum Gasteiger partial charge on any atom is -1.00 e. The molecule has 0 saturated heterocycles. The van der Waals surface area contributed by atoms with Gasteiger partial charge in [0.2, 0.25) is 0 Å². The van der Waals surface area contributed by atoms with Crippen molar-refractivity contribution in [3.8, 4) is 0 Å². The summed E-state index contributed by atoms with van der Waals surface area (Å²) in [7, 11) is 0. The largest absolute Gasteiger partial charge is 1.00 e. The van der Waals surface area contributed by atoms with E-state index in [9.17, 15) is 0 Å². The Kier molecular flexibility index (Phi) is 138. The van der Waals surface area contributed by atoms with Crippen LogP contribution in [0.3, 0.4) is 0 Å². The summed E-state index contributed by atoms with van der Waals surface area (Å²) < 4.78 is 0. The van der Waals surface area contributed by atoms with Crippen molar-refractivity contribution in [2.45, 2.75) is 0 Å². The second-order valence-corrected chi connectivity index (χ2v) is 0. The van der Waals surface area contributed by atoms with Gasteiger partial charge in [-0.1, -0.05) is 0 Å². The van der Waals surface area contributed by atoms with Gasteiger partial charge in [-0.2, -0.15) is 0 Å². The van der Waals surface area contributed by atoms with Crippen molar-refractivity contribution in [1.29, 1.82) is 0 Å². The Bertz CT molecular complexity index is 8.00. The van der Waals surface area contributed by atoms with E-state index in [-0.39, 0.29) is 91.1 Å². The first-order chi connectivity index (χ1) is 0. The zero-order valence-electron chi connectivity index (χ0n) is 2.83. The predicted molar refractivity (Wildman–Crippen MR) is 1.94 cm³/mol. The molecule has 4 heteroatoms. The number of halogens is 1. The molecule has 0 atom stereocenters. The van der Waals surface area contributed by atoms with Gasteiger partial charge in [0.05, 0.1) is 0 Å². The van der Waals surface area contributed by atoms with Gasteiger partial charge < -0.3 is 10.2 Å². The molecule has 0 aliphatic rings. The second kappa shape index (κ2) is 17.7. The van der Waals surface area contributed by atoms with Gasteiger partial charge in [-0.25, -0.2) is 0 Å². The van der Waals surface area contributed by atoms with E-state index >= 15 is 0 Å². The molecule has 0 rings (SSSR count). The van der Waals surface area contributed by atoms with Gasteiger partial charge >= 0.3 is 80.9 Å². The van der Waals surface area contributed by atoms with Gasteiger partial charge in [-0.15, -0.1) is 0 Å². The monoisotopic (exact) mass is 98.0 g/mol. The maximum Gasteiger partial charge on any atom is 1.00 e. The van der Waals surface area contributed by atoms with Crippen molar-refractivity contribution in [2.75, 3.05) is 0 Å². The fourth-order valence-corrected chi connectivity index (χ4v) is 0. The summed E-state index contributed by atoms with van der Waals surface area (Å²) in [5.74, 6) is 0. The maximum absolute atomic E-state index is 0. The number of hydrogen-bond donors (Lipinski definition) is 0. The third-order valence-corrected chi connectivity index (χ3v) is 0. The van der Waals surface area contributed by atoms with Crippen LogP contribution in [0, 0.1) is 0 Å². The molecular formula is HFKNaO. The molecule has 0 aliphatic carbocycles. The molecule has 4 heavy (non-hydrogen) atoms. The molecule has 1 nitrogen and oxygen atoms in total. The molecule has 0 aromatic heterocycles. The molecule has 1 N–H and O–H groups in total. The van der Waals surface area contributed by atoms with E-state index in [1.54, 1.807) is 0 Å². The Labute approximate surface area is 88.9 Å². The van der Waals surface area contributed by atoms with Gasteiger partial charge in [-0.3, -0.25) is 0 Å². The zero-order valence-corrected chi connectivity index (χ0v) is 7.95. The SMILES string of the molecule is [F-].[K+].[Na+].[OH-]. The summed E-state index contributed by atoms with van der Waals surface area (Å²) in [5.41, 5.74) is 0. The standard InChI is InChI=1S/FH.K.Na.H2O/h1H;;;1H2/q;2*+1;/p-2. The Balaban J connectivity index is 0. The zero-order chi connectivity index (χ0) is 0. The molecule has 0 unspecified atom stereocenters. The van der Waals surface area contributed by atoms with E-state index in [1.165, 1.54) is 0 Å². The quantitative estimate of drug-likeness (QED) is 0.277. The third-order valence-electron chi connectivity index (χ3n) is 0. The summed E-state index contributed by atoms with van der Waals surface area (Å²) in [6.07, 6.45) is 0. The molecule has 0 radical (unpaired) electrons. The van der Waals surface area contributed by atoms with Crippen LogP contribution in [-0.2, 0) is 0 Å². The van der Waals surface area contributed by atoms with Crippen LogP contribution in [-0.4, -0.2) is 5.48 Å². The van der Waals surface area contributed by atoms with Crippen LogP contribution in [0.2, 0.25) is 0 Å². The van der Waals surface area contributed by atoms with Crippen molar-refractivity contribution in [3.63, 3.8) is 0 Å². The average Bonchev–Trinajstić information content (AvgIpc) is 0. The molecule has 16 valence electrons. The van der Waals surface area contributed by atoms with Crippen molar-refractivity contribution in [1.82, 2.24) is 0 Å². The van der Waals surface area contributed by atoms with Crippen molar-refractivity contribution in [2.24, 2.45) is 0 Å². The summed E-state index contributed by atoms with van der Waals surface area (Å²) in [6, 6.07) is 0. The summed E-state index contributed by atoms with van der Waals surface area (Å²) in [6.45, 7) is 0. The first-order valence-electron chi connectivity index (χ1n) is 0. The van der Waals surface area contributed by atoms with Crippen LogP contribution in [0.1, 0.15) is 0 Å². The van der Waals surface area contributed by atoms with Gasteiger partial charge in [0.25, 0.3) is 0 Å². The minimum atomic E-state index is 0. The summed E-state index contributed by atoms with van der Waals surface area (Å²) in [4.78, 5) is 0. The first-order valence-corrected chi connectivity index (χ1v) is 0. The van der Waals surface area contributed by atoms with Gasteiger partial charge in [0.15, 0.2) is 0 Å². The summed E-state index contributed by atoms with van der Waals surface area (Å²) >= 11 is 0. The molecule has 0 heterocycles. The first kappa shape index (κ1) is 31.2. The number of hydrogen-bond acceptors (Lipinski definition) is 1. The average molecular weight is 98.1 g/mol. The van der Waals surface area contributed by atoms with E-state index in [2.05, 4.69) is 0 Å². The topological polar surface area (TPSA) is 30.0 Å². The molecule has 0 amide bonds. The smallest absolute Gasteiger partial charge is 1.00 e. The summed E-state index contributed by atoms with van der Waals surface area (Å²) in [5, 5.41) is 0. The van der Waals surface area contributed by atoms with E-state index in [4.69, 9.17) is 0 Å². The molecule has 0 aromatic rings. The van der Waals surface area contributed by atoms with Crippen molar-refractivity contribution in [3.05, 3.63) is 0 Å². The molecule has 0 bridgehead atoms. The van der Waals surface area contributed by atoms with E-state index < -0.39 is 0 Å². The normalized spacial score (nSPS) is 0. The predicted octanol–water partition coefficient (Wildman–Crippen LogP) is -9.16. The van der Waals surface area contributed by atoms with Gasteiger partial charge in [-0.05, 0) is 0 Å². The molecule has 0 spiro atoms. The Morgan fingerprint density at radius 2 is 1.00 bits per heavy atom. The van der Waals surface area contributed by atoms with Crippen LogP contribution in [0.4, 0.5) is 0 Å². The molecule has 0 saturated carbocycles. The number of rotatable bonds is 0. The van der Waals surface area contributed by atoms with Crippen molar-refractivity contribution >= 4 is 0 Å². The third kappa shape index (κ3) is 8.82. The van der Waals surface area contributed by atoms with Gasteiger partial charge in [0, 0.05) is 0 Å². The molecular weight excluding hydrogens is 97.1 g/mol. The van der Waals surface area contributed by atoms with E-state index in [1.807, 2.05) is 0 Å². The van der Waals surface area contributed by atoms with Crippen LogP contribution in [0.15, 0.2) is 0 Å². The molecule has 0 fully saturated rings. The minimum absolute atomic E-state index is 0. The van der Waals surface area contributed by atoms with Crippen LogP contribution in [0.5, 0.6) is 0 Å². The van der Waals surface area contributed by atoms with E-state index in [0.29, 0.717) is 0 Å². The Morgan fingerprint density at radius 3 is 1.00 bits per heavy atom. The van der Waals surface area contributed by atoms with Crippen LogP contribution in [0.25, 0.3) is 0 Å². The van der Waals surface area contributed by atoms with Crippen LogP contribution >= 0.6 is 0 Å². The molecule has 0 aromatic carbocycles. The molecule has 0 aliphatic heterocycles.